The summed E-state index contributed by atoms with van der Waals surface area (Å²) in [6, 6.07) is 8.54. The van der Waals surface area contributed by atoms with Crippen LogP contribution in [0.15, 0.2) is 30.3 Å². The van der Waals surface area contributed by atoms with Crippen LogP contribution < -0.4 is 5.32 Å². The summed E-state index contributed by atoms with van der Waals surface area (Å²) in [4.78, 5) is 6.57. The van der Waals surface area contributed by atoms with Crippen LogP contribution in [0.2, 0.25) is 5.15 Å². The van der Waals surface area contributed by atoms with Crippen LogP contribution in [-0.4, -0.2) is 9.97 Å². The molecule has 106 valence electrons. The number of alkyl halides is 3. The van der Waals surface area contributed by atoms with Crippen LogP contribution in [0.3, 0.4) is 0 Å². The summed E-state index contributed by atoms with van der Waals surface area (Å²) in [5.41, 5.74) is 1.76. The molecule has 0 bridgehead atoms. The molecule has 0 aliphatic rings. The van der Waals surface area contributed by atoms with E-state index in [9.17, 15) is 13.2 Å². The molecule has 2 aromatic rings. The number of hydrogen-bond acceptors (Lipinski definition) is 3. The first-order chi connectivity index (χ1) is 9.38. The van der Waals surface area contributed by atoms with Gasteiger partial charge in [0.25, 0.3) is 0 Å². The lowest BCUT2D eigenvalue weighted by atomic mass is 10.1. The maximum atomic E-state index is 12.6. The van der Waals surface area contributed by atoms with Gasteiger partial charge in [-0.3, -0.25) is 0 Å². The Balaban J connectivity index is 2.26. The molecule has 0 atom stereocenters. The lowest BCUT2D eigenvalue weighted by molar-refractivity contribution is -0.144. The second-order valence-corrected chi connectivity index (χ2v) is 4.46. The summed E-state index contributed by atoms with van der Waals surface area (Å²) >= 11 is 5.58. The monoisotopic (exact) mass is 301 g/mol. The van der Waals surface area contributed by atoms with Crippen LogP contribution in [0.5, 0.6) is 0 Å². The van der Waals surface area contributed by atoms with Crippen molar-refractivity contribution in [1.29, 1.82) is 0 Å². The molecule has 0 radical (unpaired) electrons. The van der Waals surface area contributed by atoms with Crippen LogP contribution >= 0.6 is 11.6 Å². The fourth-order valence-corrected chi connectivity index (χ4v) is 1.76. The van der Waals surface area contributed by atoms with Gasteiger partial charge in [-0.2, -0.15) is 13.2 Å². The average molecular weight is 302 g/mol. The molecule has 0 fully saturated rings. The van der Waals surface area contributed by atoms with Gasteiger partial charge >= 0.3 is 6.18 Å². The Bertz CT molecular complexity index is 597. The first kappa shape index (κ1) is 14.6. The van der Waals surface area contributed by atoms with E-state index in [-0.39, 0.29) is 11.0 Å². The van der Waals surface area contributed by atoms with Crippen LogP contribution in [0.1, 0.15) is 18.3 Å². The number of benzene rings is 1. The summed E-state index contributed by atoms with van der Waals surface area (Å²) in [6.07, 6.45) is -3.74. The first-order valence-corrected chi connectivity index (χ1v) is 6.24. The van der Waals surface area contributed by atoms with E-state index in [1.165, 1.54) is 6.07 Å². The van der Waals surface area contributed by atoms with Gasteiger partial charge in [-0.1, -0.05) is 30.7 Å². The summed E-state index contributed by atoms with van der Waals surface area (Å²) in [5.74, 6) is -1.26. The van der Waals surface area contributed by atoms with E-state index in [0.29, 0.717) is 5.69 Å². The lowest BCUT2D eigenvalue weighted by Crippen LogP contribution is -2.12. The van der Waals surface area contributed by atoms with E-state index in [4.69, 9.17) is 11.6 Å². The molecule has 20 heavy (non-hydrogen) atoms. The van der Waals surface area contributed by atoms with Crippen LogP contribution in [0, 0.1) is 0 Å². The Hall–Kier alpha value is -1.82. The molecule has 0 amide bonds. The van der Waals surface area contributed by atoms with Crippen molar-refractivity contribution in [2.24, 2.45) is 0 Å². The normalized spacial score (nSPS) is 11.4. The SMILES string of the molecule is CCc1ccc(Nc2cc(Cl)nc(C(F)(F)F)n2)cc1. The topological polar surface area (TPSA) is 37.8 Å². The zero-order valence-electron chi connectivity index (χ0n) is 10.5. The van der Waals surface area contributed by atoms with E-state index in [2.05, 4.69) is 15.3 Å². The van der Waals surface area contributed by atoms with Gasteiger partial charge in [0.1, 0.15) is 11.0 Å². The van der Waals surface area contributed by atoms with Gasteiger partial charge in [0.2, 0.25) is 5.82 Å². The number of rotatable bonds is 3. The number of anilines is 2. The standard InChI is InChI=1S/C13H11ClF3N3/c1-2-8-3-5-9(6-4-8)18-11-7-10(14)19-12(20-11)13(15,16)17/h3-7H,2H2,1H3,(H,18,19,20). The minimum atomic E-state index is -4.63. The molecule has 0 saturated heterocycles. The Labute approximate surface area is 118 Å². The van der Waals surface area contributed by atoms with E-state index in [1.807, 2.05) is 19.1 Å². The number of nitrogens with zero attached hydrogens (tertiary/aromatic N) is 2. The Morgan fingerprint density at radius 2 is 1.80 bits per heavy atom. The molecule has 1 aromatic carbocycles. The predicted molar refractivity (Wildman–Crippen MR) is 71.1 cm³/mol. The van der Waals surface area contributed by atoms with Gasteiger partial charge in [0.05, 0.1) is 0 Å². The molecule has 0 saturated carbocycles. The van der Waals surface area contributed by atoms with Gasteiger partial charge < -0.3 is 5.32 Å². The fourth-order valence-electron chi connectivity index (χ4n) is 1.58. The molecular formula is C13H11ClF3N3. The number of nitrogens with one attached hydrogen (secondary N) is 1. The molecule has 2 rings (SSSR count). The highest BCUT2D eigenvalue weighted by Crippen LogP contribution is 2.29. The summed E-state index contributed by atoms with van der Waals surface area (Å²) in [6.45, 7) is 2.02. The van der Waals surface area contributed by atoms with Crippen molar-refractivity contribution in [2.75, 3.05) is 5.32 Å². The van der Waals surface area contributed by atoms with Crippen LogP contribution in [-0.2, 0) is 12.6 Å². The van der Waals surface area contributed by atoms with E-state index in [0.717, 1.165) is 12.0 Å². The third-order valence-corrected chi connectivity index (χ3v) is 2.78. The second-order valence-electron chi connectivity index (χ2n) is 4.07. The molecule has 1 heterocycles. The average Bonchev–Trinajstić information content (AvgIpc) is 2.38. The Kier molecular flexibility index (Phi) is 4.13. The Morgan fingerprint density at radius 1 is 1.15 bits per heavy atom. The van der Waals surface area contributed by atoms with Gasteiger partial charge in [0, 0.05) is 11.8 Å². The molecule has 1 aromatic heterocycles. The van der Waals surface area contributed by atoms with E-state index >= 15 is 0 Å². The molecule has 0 aliphatic carbocycles. The number of aromatic nitrogens is 2. The summed E-state index contributed by atoms with van der Waals surface area (Å²) in [7, 11) is 0. The van der Waals surface area contributed by atoms with Gasteiger partial charge in [-0.25, -0.2) is 9.97 Å². The number of hydrogen-bond donors (Lipinski definition) is 1. The minimum Gasteiger partial charge on any atom is -0.340 e. The van der Waals surface area contributed by atoms with Crippen molar-refractivity contribution >= 4 is 23.1 Å². The van der Waals surface area contributed by atoms with E-state index < -0.39 is 12.0 Å². The van der Waals surface area contributed by atoms with Crippen molar-refractivity contribution in [2.45, 2.75) is 19.5 Å². The fraction of sp³-hybridized carbons (Fsp3) is 0.231. The maximum absolute atomic E-state index is 12.6. The smallest absolute Gasteiger partial charge is 0.340 e. The van der Waals surface area contributed by atoms with Crippen molar-refractivity contribution < 1.29 is 13.2 Å². The van der Waals surface area contributed by atoms with Gasteiger partial charge in [-0.15, -0.1) is 0 Å². The molecule has 0 spiro atoms. The molecule has 7 heteroatoms. The van der Waals surface area contributed by atoms with Crippen LogP contribution in [0.25, 0.3) is 0 Å². The highest BCUT2D eigenvalue weighted by atomic mass is 35.5. The van der Waals surface area contributed by atoms with Crippen molar-refractivity contribution in [3.8, 4) is 0 Å². The number of aryl methyl sites for hydroxylation is 1. The van der Waals surface area contributed by atoms with Crippen molar-refractivity contribution in [3.63, 3.8) is 0 Å². The molecule has 1 N–H and O–H groups in total. The third kappa shape index (κ3) is 3.60. The predicted octanol–water partition coefficient (Wildman–Crippen LogP) is 4.45. The maximum Gasteiger partial charge on any atom is 0.451 e. The minimum absolute atomic E-state index is 0.00146. The van der Waals surface area contributed by atoms with Crippen LogP contribution in [0.4, 0.5) is 24.7 Å². The van der Waals surface area contributed by atoms with Gasteiger partial charge in [0.15, 0.2) is 0 Å². The molecule has 0 unspecified atom stereocenters. The number of halogens is 4. The van der Waals surface area contributed by atoms with Crippen molar-refractivity contribution in [1.82, 2.24) is 9.97 Å². The lowest BCUT2D eigenvalue weighted by Gasteiger charge is -2.10. The second kappa shape index (κ2) is 5.66. The largest absolute Gasteiger partial charge is 0.451 e. The third-order valence-electron chi connectivity index (χ3n) is 2.58. The Morgan fingerprint density at radius 3 is 2.35 bits per heavy atom. The summed E-state index contributed by atoms with van der Waals surface area (Å²) < 4.78 is 37.7. The molecular weight excluding hydrogens is 291 g/mol. The van der Waals surface area contributed by atoms with Crippen molar-refractivity contribution in [3.05, 3.63) is 46.9 Å². The first-order valence-electron chi connectivity index (χ1n) is 5.86. The molecule has 3 nitrogen and oxygen atoms in total. The molecule has 0 aliphatic heterocycles. The quantitative estimate of drug-likeness (QED) is 0.851. The summed E-state index contributed by atoms with van der Waals surface area (Å²) in [5, 5.41) is 2.51. The van der Waals surface area contributed by atoms with Gasteiger partial charge in [-0.05, 0) is 24.1 Å². The zero-order valence-corrected chi connectivity index (χ0v) is 11.3. The zero-order chi connectivity index (χ0) is 14.8. The highest BCUT2D eigenvalue weighted by molar-refractivity contribution is 6.29. The van der Waals surface area contributed by atoms with E-state index in [1.54, 1.807) is 12.1 Å². The highest BCUT2D eigenvalue weighted by Gasteiger charge is 2.35.